The Morgan fingerprint density at radius 2 is 1.95 bits per heavy atom. The summed E-state index contributed by atoms with van der Waals surface area (Å²) in [5.41, 5.74) is 9.23. The van der Waals surface area contributed by atoms with Crippen molar-refractivity contribution in [3.63, 3.8) is 0 Å². The van der Waals surface area contributed by atoms with Gasteiger partial charge < -0.3 is 10.3 Å². The Morgan fingerprint density at radius 3 is 2.67 bits per heavy atom. The zero-order valence-electron chi connectivity index (χ0n) is 12.5. The number of fused-ring (bicyclic) bond motifs is 1. The van der Waals surface area contributed by atoms with Crippen molar-refractivity contribution in [2.75, 3.05) is 5.73 Å². The van der Waals surface area contributed by atoms with E-state index in [9.17, 15) is 0 Å². The fourth-order valence-corrected chi connectivity index (χ4v) is 2.63. The van der Waals surface area contributed by atoms with Crippen LogP contribution >= 0.6 is 0 Å². The van der Waals surface area contributed by atoms with Crippen LogP contribution in [0.4, 0.5) is 5.95 Å². The first-order valence-electron chi connectivity index (χ1n) is 7.28. The van der Waals surface area contributed by atoms with E-state index in [1.807, 2.05) is 12.3 Å². The number of nitrogens with two attached hydrogens (primary N) is 1. The molecular formula is C17H20N4. The summed E-state index contributed by atoms with van der Waals surface area (Å²) in [4.78, 5) is 8.52. The standard InChI is InChI=1S/C17H20N4/c1-12(2)11-21-15(8-13-6-4-3-5-7-13)9-14-10-19-17(18)20-16(14)21/h3-7,9-10,12H,8,11H2,1-2H3,(H2,18,19,20). The first-order valence-corrected chi connectivity index (χ1v) is 7.28. The molecule has 0 aliphatic heterocycles. The second-order valence-electron chi connectivity index (χ2n) is 5.81. The molecule has 4 nitrogen and oxygen atoms in total. The molecule has 21 heavy (non-hydrogen) atoms. The lowest BCUT2D eigenvalue weighted by Gasteiger charge is -2.12. The Hall–Kier alpha value is -2.36. The third-order valence-electron chi connectivity index (χ3n) is 3.51. The molecule has 0 unspecified atom stereocenters. The lowest BCUT2D eigenvalue weighted by molar-refractivity contribution is 0.522. The van der Waals surface area contributed by atoms with Crippen LogP contribution in [0, 0.1) is 5.92 Å². The van der Waals surface area contributed by atoms with Gasteiger partial charge in [0.2, 0.25) is 5.95 Å². The lowest BCUT2D eigenvalue weighted by Crippen LogP contribution is -2.09. The van der Waals surface area contributed by atoms with Gasteiger partial charge in [-0.05, 0) is 17.5 Å². The fraction of sp³-hybridized carbons (Fsp3) is 0.294. The summed E-state index contributed by atoms with van der Waals surface area (Å²) < 4.78 is 2.27. The van der Waals surface area contributed by atoms with Crippen LogP contribution in [0.1, 0.15) is 25.1 Å². The highest BCUT2D eigenvalue weighted by atomic mass is 15.1. The quantitative estimate of drug-likeness (QED) is 0.798. The second-order valence-corrected chi connectivity index (χ2v) is 5.81. The highest BCUT2D eigenvalue weighted by Crippen LogP contribution is 2.22. The first kappa shape index (κ1) is 13.6. The van der Waals surface area contributed by atoms with Crippen molar-refractivity contribution < 1.29 is 0 Å². The van der Waals surface area contributed by atoms with Crippen LogP contribution in [-0.4, -0.2) is 14.5 Å². The van der Waals surface area contributed by atoms with E-state index in [0.717, 1.165) is 24.0 Å². The van der Waals surface area contributed by atoms with Crippen LogP contribution in [0.2, 0.25) is 0 Å². The number of hydrogen-bond acceptors (Lipinski definition) is 3. The molecule has 3 rings (SSSR count). The largest absolute Gasteiger partial charge is 0.368 e. The maximum atomic E-state index is 5.75. The lowest BCUT2D eigenvalue weighted by atomic mass is 10.1. The molecule has 0 bridgehead atoms. The van der Waals surface area contributed by atoms with E-state index < -0.39 is 0 Å². The summed E-state index contributed by atoms with van der Waals surface area (Å²) in [6, 6.07) is 12.7. The third kappa shape index (κ3) is 2.89. The number of nitrogens with zero attached hydrogens (tertiary/aromatic N) is 3. The van der Waals surface area contributed by atoms with Gasteiger partial charge in [-0.15, -0.1) is 0 Å². The predicted molar refractivity (Wildman–Crippen MR) is 86.0 cm³/mol. The number of rotatable bonds is 4. The number of benzene rings is 1. The summed E-state index contributed by atoms with van der Waals surface area (Å²) >= 11 is 0. The van der Waals surface area contributed by atoms with Crippen LogP contribution < -0.4 is 5.73 Å². The van der Waals surface area contributed by atoms with Crippen molar-refractivity contribution >= 4 is 17.0 Å². The van der Waals surface area contributed by atoms with Crippen LogP contribution in [0.15, 0.2) is 42.6 Å². The molecule has 108 valence electrons. The summed E-state index contributed by atoms with van der Waals surface area (Å²) in [7, 11) is 0. The summed E-state index contributed by atoms with van der Waals surface area (Å²) in [5, 5.41) is 1.05. The molecule has 0 spiro atoms. The van der Waals surface area contributed by atoms with Crippen molar-refractivity contribution in [2.45, 2.75) is 26.8 Å². The van der Waals surface area contributed by atoms with Crippen LogP contribution in [0.25, 0.3) is 11.0 Å². The van der Waals surface area contributed by atoms with Gasteiger partial charge in [-0.2, -0.15) is 4.98 Å². The Bertz CT molecular complexity index is 744. The molecule has 0 saturated heterocycles. The van der Waals surface area contributed by atoms with E-state index >= 15 is 0 Å². The molecular weight excluding hydrogens is 260 g/mol. The van der Waals surface area contributed by atoms with Gasteiger partial charge in [0.1, 0.15) is 5.65 Å². The van der Waals surface area contributed by atoms with Gasteiger partial charge in [0.05, 0.1) is 0 Å². The number of nitrogen functional groups attached to an aromatic ring is 1. The second kappa shape index (κ2) is 5.56. The van der Waals surface area contributed by atoms with Gasteiger partial charge in [-0.1, -0.05) is 44.2 Å². The Balaban J connectivity index is 2.08. The normalized spacial score (nSPS) is 11.4. The molecule has 2 heterocycles. The molecule has 1 aromatic carbocycles. The van der Waals surface area contributed by atoms with Crippen molar-refractivity contribution in [3.05, 3.63) is 53.9 Å². The predicted octanol–water partition coefficient (Wildman–Crippen LogP) is 3.26. The van der Waals surface area contributed by atoms with Crippen LogP contribution in [-0.2, 0) is 13.0 Å². The highest BCUT2D eigenvalue weighted by Gasteiger charge is 2.12. The van der Waals surface area contributed by atoms with Gasteiger partial charge >= 0.3 is 0 Å². The van der Waals surface area contributed by atoms with Gasteiger partial charge in [0.25, 0.3) is 0 Å². The van der Waals surface area contributed by atoms with Gasteiger partial charge in [0, 0.05) is 30.2 Å². The number of anilines is 1. The SMILES string of the molecule is CC(C)Cn1c(Cc2ccccc2)cc2cnc(N)nc21. The van der Waals surface area contributed by atoms with E-state index in [0.29, 0.717) is 11.9 Å². The van der Waals surface area contributed by atoms with Crippen molar-refractivity contribution in [3.8, 4) is 0 Å². The maximum absolute atomic E-state index is 5.75. The first-order chi connectivity index (χ1) is 10.1. The van der Waals surface area contributed by atoms with Gasteiger partial charge in [-0.3, -0.25) is 0 Å². The zero-order valence-corrected chi connectivity index (χ0v) is 12.5. The van der Waals surface area contributed by atoms with E-state index in [4.69, 9.17) is 5.73 Å². The third-order valence-corrected chi connectivity index (χ3v) is 3.51. The Kier molecular flexibility index (Phi) is 3.60. The number of hydrogen-bond donors (Lipinski definition) is 1. The molecule has 3 aromatic rings. The zero-order chi connectivity index (χ0) is 14.8. The average molecular weight is 280 g/mol. The summed E-state index contributed by atoms with van der Waals surface area (Å²) in [6.07, 6.45) is 2.70. The minimum atomic E-state index is 0.330. The molecule has 0 aliphatic rings. The van der Waals surface area contributed by atoms with Crippen molar-refractivity contribution in [1.82, 2.24) is 14.5 Å². The topological polar surface area (TPSA) is 56.7 Å². The van der Waals surface area contributed by atoms with E-state index in [1.165, 1.54) is 11.3 Å². The minimum absolute atomic E-state index is 0.330. The molecule has 0 atom stereocenters. The molecule has 0 saturated carbocycles. The fourth-order valence-electron chi connectivity index (χ4n) is 2.63. The Labute approximate surface area is 124 Å². The van der Waals surface area contributed by atoms with Crippen molar-refractivity contribution in [2.24, 2.45) is 5.92 Å². The highest BCUT2D eigenvalue weighted by molar-refractivity contribution is 5.77. The molecule has 0 radical (unpaired) electrons. The number of aromatic nitrogens is 3. The molecule has 2 aromatic heterocycles. The summed E-state index contributed by atoms with van der Waals surface area (Å²) in [6.45, 7) is 5.35. The van der Waals surface area contributed by atoms with E-state index in [1.54, 1.807) is 0 Å². The molecule has 2 N–H and O–H groups in total. The van der Waals surface area contributed by atoms with E-state index in [-0.39, 0.29) is 0 Å². The Morgan fingerprint density at radius 1 is 1.19 bits per heavy atom. The smallest absolute Gasteiger partial charge is 0.221 e. The van der Waals surface area contributed by atoms with E-state index in [2.05, 4.69) is 58.7 Å². The molecule has 0 fully saturated rings. The van der Waals surface area contributed by atoms with Crippen LogP contribution in [0.5, 0.6) is 0 Å². The maximum Gasteiger partial charge on any atom is 0.221 e. The minimum Gasteiger partial charge on any atom is -0.368 e. The average Bonchev–Trinajstić information content (AvgIpc) is 2.77. The van der Waals surface area contributed by atoms with Gasteiger partial charge in [-0.25, -0.2) is 4.98 Å². The molecule has 0 amide bonds. The van der Waals surface area contributed by atoms with Crippen molar-refractivity contribution in [1.29, 1.82) is 0 Å². The monoisotopic (exact) mass is 280 g/mol. The van der Waals surface area contributed by atoms with Gasteiger partial charge in [0.15, 0.2) is 0 Å². The summed E-state index contributed by atoms with van der Waals surface area (Å²) in [5.74, 6) is 0.878. The molecule has 0 aliphatic carbocycles. The van der Waals surface area contributed by atoms with Crippen LogP contribution in [0.3, 0.4) is 0 Å². The molecule has 4 heteroatoms.